The van der Waals surface area contributed by atoms with Crippen LogP contribution in [0, 0.1) is 6.92 Å². The van der Waals surface area contributed by atoms with Crippen LogP contribution in [-0.2, 0) is 10.6 Å². The van der Waals surface area contributed by atoms with Crippen molar-refractivity contribution in [1.29, 1.82) is 0 Å². The third kappa shape index (κ3) is 4.37. The van der Waals surface area contributed by atoms with Crippen molar-refractivity contribution in [2.24, 2.45) is 0 Å². The van der Waals surface area contributed by atoms with Gasteiger partial charge in [0.1, 0.15) is 12.4 Å². The fraction of sp³-hybridized carbons (Fsp3) is 0.583. The number of aryl methyl sites for hydroxylation is 1. The molecular weight excluding hydrogens is 226 g/mol. The van der Waals surface area contributed by atoms with Crippen LogP contribution in [0.5, 0.6) is 5.75 Å². The second-order valence-electron chi connectivity index (χ2n) is 3.84. The summed E-state index contributed by atoms with van der Waals surface area (Å²) in [7, 11) is 0. The summed E-state index contributed by atoms with van der Waals surface area (Å²) in [4.78, 5) is 4.17. The summed E-state index contributed by atoms with van der Waals surface area (Å²) in [5.41, 5.74) is 1.84. The number of nitrogens with zero attached hydrogens (tertiary/aromatic N) is 1. The SMILES string of the molecule is Cc1cc(OCCOC(C)C)c(CCl)cn1. The lowest BCUT2D eigenvalue weighted by Crippen LogP contribution is -2.12. The molecule has 1 rings (SSSR count). The normalized spacial score (nSPS) is 10.8. The van der Waals surface area contributed by atoms with Crippen LogP contribution in [0.2, 0.25) is 0 Å². The zero-order chi connectivity index (χ0) is 12.0. The third-order valence-electron chi connectivity index (χ3n) is 2.02. The number of aromatic nitrogens is 1. The van der Waals surface area contributed by atoms with E-state index in [1.807, 2.05) is 26.8 Å². The third-order valence-corrected chi connectivity index (χ3v) is 2.30. The Morgan fingerprint density at radius 2 is 2.12 bits per heavy atom. The maximum atomic E-state index is 5.80. The smallest absolute Gasteiger partial charge is 0.127 e. The zero-order valence-corrected chi connectivity index (χ0v) is 10.8. The van der Waals surface area contributed by atoms with Crippen LogP contribution in [0.3, 0.4) is 0 Å². The Kier molecular flexibility index (Phi) is 5.56. The number of ether oxygens (including phenoxy) is 2. The first kappa shape index (κ1) is 13.3. The predicted molar refractivity (Wildman–Crippen MR) is 65.1 cm³/mol. The maximum Gasteiger partial charge on any atom is 0.127 e. The Labute approximate surface area is 102 Å². The van der Waals surface area contributed by atoms with Gasteiger partial charge >= 0.3 is 0 Å². The average Bonchev–Trinajstić information content (AvgIpc) is 2.24. The molecule has 1 heterocycles. The standard InChI is InChI=1S/C12H18ClNO2/c1-9(2)15-4-5-16-12-6-10(3)14-8-11(12)7-13/h6,8-9H,4-5,7H2,1-3H3. The highest BCUT2D eigenvalue weighted by molar-refractivity contribution is 6.17. The molecule has 0 aliphatic rings. The van der Waals surface area contributed by atoms with E-state index in [4.69, 9.17) is 21.1 Å². The van der Waals surface area contributed by atoms with Crippen LogP contribution in [0.4, 0.5) is 0 Å². The Morgan fingerprint density at radius 3 is 2.75 bits per heavy atom. The van der Waals surface area contributed by atoms with Crippen molar-refractivity contribution >= 4 is 11.6 Å². The first-order chi connectivity index (χ1) is 7.63. The number of rotatable bonds is 6. The van der Waals surface area contributed by atoms with Gasteiger partial charge in [0.15, 0.2) is 0 Å². The summed E-state index contributed by atoms with van der Waals surface area (Å²) in [6.07, 6.45) is 1.98. The molecule has 0 spiro atoms. The lowest BCUT2D eigenvalue weighted by atomic mass is 10.2. The van der Waals surface area contributed by atoms with E-state index in [-0.39, 0.29) is 6.10 Å². The highest BCUT2D eigenvalue weighted by atomic mass is 35.5. The number of hydrogen-bond acceptors (Lipinski definition) is 3. The van der Waals surface area contributed by atoms with Gasteiger partial charge in [0.2, 0.25) is 0 Å². The van der Waals surface area contributed by atoms with E-state index in [1.54, 1.807) is 6.20 Å². The van der Waals surface area contributed by atoms with Crippen LogP contribution in [0.25, 0.3) is 0 Å². The molecule has 0 aliphatic carbocycles. The molecule has 0 unspecified atom stereocenters. The lowest BCUT2D eigenvalue weighted by molar-refractivity contribution is 0.0551. The Balaban J connectivity index is 2.48. The van der Waals surface area contributed by atoms with Crippen molar-refractivity contribution in [3.63, 3.8) is 0 Å². The second-order valence-corrected chi connectivity index (χ2v) is 4.10. The number of halogens is 1. The van der Waals surface area contributed by atoms with E-state index < -0.39 is 0 Å². The summed E-state index contributed by atoms with van der Waals surface area (Å²) >= 11 is 5.80. The molecule has 0 bridgehead atoms. The van der Waals surface area contributed by atoms with Crippen LogP contribution >= 0.6 is 11.6 Å². The Hall–Kier alpha value is -0.800. The maximum absolute atomic E-state index is 5.80. The second kappa shape index (κ2) is 6.71. The van der Waals surface area contributed by atoms with Gasteiger partial charge in [0.25, 0.3) is 0 Å². The lowest BCUT2D eigenvalue weighted by Gasteiger charge is -2.11. The molecule has 1 aromatic heterocycles. The van der Waals surface area contributed by atoms with Crippen molar-refractivity contribution < 1.29 is 9.47 Å². The van der Waals surface area contributed by atoms with Crippen molar-refractivity contribution in [3.8, 4) is 5.75 Å². The summed E-state index contributed by atoms with van der Waals surface area (Å²) in [6.45, 7) is 7.04. The van der Waals surface area contributed by atoms with Crippen LogP contribution in [0.15, 0.2) is 12.3 Å². The highest BCUT2D eigenvalue weighted by Gasteiger charge is 2.04. The molecule has 4 heteroatoms. The fourth-order valence-corrected chi connectivity index (χ4v) is 1.43. The molecular formula is C12H18ClNO2. The van der Waals surface area contributed by atoms with Gasteiger partial charge in [0, 0.05) is 23.5 Å². The molecule has 16 heavy (non-hydrogen) atoms. The molecule has 0 atom stereocenters. The largest absolute Gasteiger partial charge is 0.491 e. The van der Waals surface area contributed by atoms with Crippen LogP contribution in [-0.4, -0.2) is 24.3 Å². The van der Waals surface area contributed by atoms with Gasteiger partial charge in [0.05, 0.1) is 18.6 Å². The van der Waals surface area contributed by atoms with Crippen LogP contribution < -0.4 is 4.74 Å². The topological polar surface area (TPSA) is 31.4 Å². The van der Waals surface area contributed by atoms with E-state index >= 15 is 0 Å². The van der Waals surface area contributed by atoms with Crippen LogP contribution in [0.1, 0.15) is 25.1 Å². The van der Waals surface area contributed by atoms with E-state index in [1.165, 1.54) is 0 Å². The van der Waals surface area contributed by atoms with Crippen molar-refractivity contribution in [2.75, 3.05) is 13.2 Å². The minimum absolute atomic E-state index is 0.232. The Morgan fingerprint density at radius 1 is 1.38 bits per heavy atom. The molecule has 0 N–H and O–H groups in total. The first-order valence-corrected chi connectivity index (χ1v) is 5.93. The van der Waals surface area contributed by atoms with Gasteiger partial charge in [-0.25, -0.2) is 0 Å². The van der Waals surface area contributed by atoms with Gasteiger partial charge in [-0.05, 0) is 20.8 Å². The number of hydrogen-bond donors (Lipinski definition) is 0. The molecule has 0 radical (unpaired) electrons. The van der Waals surface area contributed by atoms with Gasteiger partial charge in [-0.3, -0.25) is 4.98 Å². The summed E-state index contributed by atoms with van der Waals surface area (Å²) in [5, 5.41) is 0. The molecule has 0 amide bonds. The quantitative estimate of drug-likeness (QED) is 0.569. The molecule has 0 saturated carbocycles. The minimum atomic E-state index is 0.232. The molecule has 3 nitrogen and oxygen atoms in total. The molecule has 0 aliphatic heterocycles. The van der Waals surface area contributed by atoms with Gasteiger partial charge in [-0.2, -0.15) is 0 Å². The summed E-state index contributed by atoms with van der Waals surface area (Å²) < 4.78 is 11.0. The average molecular weight is 244 g/mol. The zero-order valence-electron chi connectivity index (χ0n) is 10.00. The van der Waals surface area contributed by atoms with E-state index in [9.17, 15) is 0 Å². The minimum Gasteiger partial charge on any atom is -0.491 e. The van der Waals surface area contributed by atoms with Crippen molar-refractivity contribution in [3.05, 3.63) is 23.5 Å². The van der Waals surface area contributed by atoms with Gasteiger partial charge in [-0.1, -0.05) is 0 Å². The highest BCUT2D eigenvalue weighted by Crippen LogP contribution is 2.20. The van der Waals surface area contributed by atoms with Gasteiger partial charge < -0.3 is 9.47 Å². The molecule has 0 aromatic carbocycles. The monoisotopic (exact) mass is 243 g/mol. The van der Waals surface area contributed by atoms with E-state index in [0.717, 1.165) is 17.0 Å². The molecule has 0 saturated heterocycles. The Bertz CT molecular complexity index is 329. The van der Waals surface area contributed by atoms with E-state index in [0.29, 0.717) is 19.1 Å². The first-order valence-electron chi connectivity index (χ1n) is 5.39. The molecule has 90 valence electrons. The van der Waals surface area contributed by atoms with Crippen molar-refractivity contribution in [1.82, 2.24) is 4.98 Å². The summed E-state index contributed by atoms with van der Waals surface area (Å²) in [6, 6.07) is 1.90. The molecule has 0 fully saturated rings. The van der Waals surface area contributed by atoms with E-state index in [2.05, 4.69) is 4.98 Å². The van der Waals surface area contributed by atoms with Gasteiger partial charge in [-0.15, -0.1) is 11.6 Å². The summed E-state index contributed by atoms with van der Waals surface area (Å²) in [5.74, 6) is 1.21. The predicted octanol–water partition coefficient (Wildman–Crippen LogP) is 2.93. The van der Waals surface area contributed by atoms with Crippen molar-refractivity contribution in [2.45, 2.75) is 32.8 Å². The number of pyridine rings is 1. The number of alkyl halides is 1. The molecule has 1 aromatic rings. The fourth-order valence-electron chi connectivity index (χ4n) is 1.23.